The van der Waals surface area contributed by atoms with E-state index in [2.05, 4.69) is 13.8 Å². The second-order valence-corrected chi connectivity index (χ2v) is 12.4. The van der Waals surface area contributed by atoms with Gasteiger partial charge in [-0.05, 0) is 19.3 Å². The second kappa shape index (κ2) is 32.5. The second-order valence-electron chi connectivity index (χ2n) is 12.4. The topological polar surface area (TPSA) is 63.6 Å². The van der Waals surface area contributed by atoms with Gasteiger partial charge in [-0.3, -0.25) is 9.59 Å². The fourth-order valence-electron chi connectivity index (χ4n) is 5.67. The number of rotatable bonds is 33. The van der Waals surface area contributed by atoms with Crippen LogP contribution in [-0.4, -0.2) is 23.1 Å². The van der Waals surface area contributed by atoms with Crippen molar-refractivity contribution in [3.05, 3.63) is 0 Å². The maximum absolute atomic E-state index is 12.3. The van der Waals surface area contributed by atoms with Gasteiger partial charge in [-0.15, -0.1) is 0 Å². The van der Waals surface area contributed by atoms with Crippen molar-refractivity contribution in [2.45, 2.75) is 219 Å². The third kappa shape index (κ3) is 31.5. The minimum absolute atomic E-state index is 0.0665. The van der Waals surface area contributed by atoms with Crippen LogP contribution in [0.5, 0.6) is 0 Å². The van der Waals surface area contributed by atoms with Crippen molar-refractivity contribution < 1.29 is 19.4 Å². The number of carbonyl (C=O) groups excluding carboxylic acids is 1. The number of unbranched alkanes of at least 4 members (excludes halogenated alkanes) is 26. The zero-order valence-corrected chi connectivity index (χ0v) is 27.2. The number of carbonyl (C=O) groups is 2. The van der Waals surface area contributed by atoms with Gasteiger partial charge < -0.3 is 9.84 Å². The Morgan fingerprint density at radius 2 is 0.775 bits per heavy atom. The molecule has 0 bridgehead atoms. The molecule has 1 atom stereocenters. The average Bonchev–Trinajstić information content (AvgIpc) is 2.93. The maximum Gasteiger partial charge on any atom is 0.307 e. The highest BCUT2D eigenvalue weighted by molar-refractivity contribution is 5.71. The average molecular weight is 567 g/mol. The molecule has 0 aromatic rings. The van der Waals surface area contributed by atoms with Crippen LogP contribution in [0.25, 0.3) is 0 Å². The molecule has 0 saturated carbocycles. The van der Waals surface area contributed by atoms with Crippen LogP contribution in [0.15, 0.2) is 0 Å². The Morgan fingerprint density at radius 3 is 1.10 bits per heavy atom. The molecule has 0 aromatic carbocycles. The molecule has 4 heteroatoms. The normalized spacial score (nSPS) is 12.1. The Kier molecular flexibility index (Phi) is 31.6. The number of esters is 1. The Morgan fingerprint density at radius 1 is 0.475 bits per heavy atom. The van der Waals surface area contributed by atoms with E-state index in [1.54, 1.807) is 0 Å². The molecule has 0 amide bonds. The molecular formula is C36H70O4. The highest BCUT2D eigenvalue weighted by atomic mass is 16.5. The van der Waals surface area contributed by atoms with Gasteiger partial charge in [0.25, 0.3) is 0 Å². The van der Waals surface area contributed by atoms with Gasteiger partial charge in [0, 0.05) is 6.42 Å². The van der Waals surface area contributed by atoms with Crippen LogP contribution < -0.4 is 0 Å². The van der Waals surface area contributed by atoms with Crippen LogP contribution in [0.3, 0.4) is 0 Å². The monoisotopic (exact) mass is 567 g/mol. The van der Waals surface area contributed by atoms with Crippen LogP contribution in [0.2, 0.25) is 0 Å². The number of ether oxygens (including phenoxy) is 1. The summed E-state index contributed by atoms with van der Waals surface area (Å²) in [6, 6.07) is 0. The Hall–Kier alpha value is -1.06. The molecular weight excluding hydrogens is 496 g/mol. The SMILES string of the molecule is CCCCCCCCCCCCCCCCCC(CC(=O)O)OC(=O)CCCCCCCCCCCCCCC. The molecule has 0 radical (unpaired) electrons. The van der Waals surface area contributed by atoms with Crippen molar-refractivity contribution in [3.8, 4) is 0 Å². The molecule has 0 aromatic heterocycles. The first-order valence-corrected chi connectivity index (χ1v) is 18.0. The van der Waals surface area contributed by atoms with Gasteiger partial charge in [-0.1, -0.05) is 181 Å². The van der Waals surface area contributed by atoms with Crippen molar-refractivity contribution >= 4 is 11.9 Å². The number of hydrogen-bond donors (Lipinski definition) is 1. The van der Waals surface area contributed by atoms with E-state index in [9.17, 15) is 14.7 Å². The van der Waals surface area contributed by atoms with Gasteiger partial charge >= 0.3 is 11.9 Å². The van der Waals surface area contributed by atoms with Crippen LogP contribution >= 0.6 is 0 Å². The zero-order valence-electron chi connectivity index (χ0n) is 27.2. The number of hydrogen-bond acceptors (Lipinski definition) is 3. The summed E-state index contributed by atoms with van der Waals surface area (Å²) in [6.07, 6.45) is 36.9. The summed E-state index contributed by atoms with van der Waals surface area (Å²) in [5, 5.41) is 9.23. The molecule has 4 nitrogen and oxygen atoms in total. The van der Waals surface area contributed by atoms with Crippen LogP contribution in [0.1, 0.15) is 213 Å². The molecule has 0 aliphatic rings. The first kappa shape index (κ1) is 38.9. The van der Waals surface area contributed by atoms with E-state index < -0.39 is 12.1 Å². The Labute approximate surface area is 250 Å². The van der Waals surface area contributed by atoms with Crippen molar-refractivity contribution in [3.63, 3.8) is 0 Å². The largest absolute Gasteiger partial charge is 0.481 e. The summed E-state index contributed by atoms with van der Waals surface area (Å²) in [5.41, 5.74) is 0. The highest BCUT2D eigenvalue weighted by Gasteiger charge is 2.17. The first-order chi connectivity index (χ1) is 19.6. The molecule has 238 valence electrons. The molecule has 0 rings (SSSR count). The van der Waals surface area contributed by atoms with Gasteiger partial charge in [0.1, 0.15) is 6.10 Å². The fourth-order valence-corrected chi connectivity index (χ4v) is 5.67. The summed E-state index contributed by atoms with van der Waals surface area (Å²) in [6.45, 7) is 4.54. The van der Waals surface area contributed by atoms with Crippen molar-refractivity contribution in [2.24, 2.45) is 0 Å². The van der Waals surface area contributed by atoms with Gasteiger partial charge in [0.05, 0.1) is 6.42 Å². The molecule has 0 fully saturated rings. The lowest BCUT2D eigenvalue weighted by Gasteiger charge is -2.16. The van der Waals surface area contributed by atoms with Crippen molar-refractivity contribution in [1.82, 2.24) is 0 Å². The minimum Gasteiger partial charge on any atom is -0.481 e. The van der Waals surface area contributed by atoms with Crippen molar-refractivity contribution in [1.29, 1.82) is 0 Å². The highest BCUT2D eigenvalue weighted by Crippen LogP contribution is 2.17. The van der Waals surface area contributed by atoms with Gasteiger partial charge in [0.15, 0.2) is 0 Å². The van der Waals surface area contributed by atoms with Crippen LogP contribution in [0.4, 0.5) is 0 Å². The van der Waals surface area contributed by atoms with E-state index in [1.807, 2.05) is 0 Å². The lowest BCUT2D eigenvalue weighted by molar-refractivity contribution is -0.153. The van der Waals surface area contributed by atoms with E-state index in [4.69, 9.17) is 4.74 Å². The van der Waals surface area contributed by atoms with E-state index >= 15 is 0 Å². The lowest BCUT2D eigenvalue weighted by atomic mass is 10.0. The predicted molar refractivity (Wildman–Crippen MR) is 172 cm³/mol. The molecule has 1 unspecified atom stereocenters. The fraction of sp³-hybridized carbons (Fsp3) is 0.944. The van der Waals surface area contributed by atoms with Gasteiger partial charge in [-0.25, -0.2) is 0 Å². The van der Waals surface area contributed by atoms with E-state index in [-0.39, 0.29) is 12.4 Å². The molecule has 0 spiro atoms. The predicted octanol–water partition coefficient (Wildman–Crippen LogP) is 12.1. The summed E-state index contributed by atoms with van der Waals surface area (Å²) < 4.78 is 5.57. The summed E-state index contributed by atoms with van der Waals surface area (Å²) in [7, 11) is 0. The maximum atomic E-state index is 12.3. The van der Waals surface area contributed by atoms with E-state index in [0.29, 0.717) is 12.8 Å². The smallest absolute Gasteiger partial charge is 0.307 e. The number of carboxylic acid groups (broad SMARTS) is 1. The standard InChI is InChI=1S/C36H70O4/c1-3-5-7-9-11-13-15-17-18-20-21-23-25-27-29-31-34(33-35(37)38)40-36(39)32-30-28-26-24-22-19-16-14-12-10-8-6-4-2/h34H,3-33H2,1-2H3,(H,37,38). The molecule has 0 heterocycles. The third-order valence-electron chi connectivity index (χ3n) is 8.31. The van der Waals surface area contributed by atoms with Crippen LogP contribution in [0, 0.1) is 0 Å². The lowest BCUT2D eigenvalue weighted by Crippen LogP contribution is -2.21. The van der Waals surface area contributed by atoms with E-state index in [0.717, 1.165) is 25.7 Å². The molecule has 0 aliphatic heterocycles. The van der Waals surface area contributed by atoms with E-state index in [1.165, 1.54) is 154 Å². The molecule has 0 saturated heterocycles. The molecule has 40 heavy (non-hydrogen) atoms. The number of aliphatic carboxylic acids is 1. The molecule has 0 aliphatic carbocycles. The first-order valence-electron chi connectivity index (χ1n) is 18.0. The minimum atomic E-state index is -0.875. The molecule has 1 N–H and O–H groups in total. The van der Waals surface area contributed by atoms with Crippen molar-refractivity contribution in [2.75, 3.05) is 0 Å². The Balaban J connectivity index is 3.62. The van der Waals surface area contributed by atoms with Gasteiger partial charge in [0.2, 0.25) is 0 Å². The Bertz CT molecular complexity index is 533. The third-order valence-corrected chi connectivity index (χ3v) is 8.31. The van der Waals surface area contributed by atoms with Gasteiger partial charge in [-0.2, -0.15) is 0 Å². The summed E-state index contributed by atoms with van der Waals surface area (Å²) in [5.74, 6) is -1.09. The van der Waals surface area contributed by atoms with Crippen LogP contribution in [-0.2, 0) is 14.3 Å². The number of carboxylic acids is 1. The quantitative estimate of drug-likeness (QED) is 0.0633. The summed E-state index contributed by atoms with van der Waals surface area (Å²) in [4.78, 5) is 23.5. The zero-order chi connectivity index (χ0) is 29.4. The summed E-state index contributed by atoms with van der Waals surface area (Å²) >= 11 is 0.